The highest BCUT2D eigenvalue weighted by atomic mass is 16.2. The normalized spacial score (nSPS) is 25.8. The Kier molecular flexibility index (Phi) is 5.50. The van der Waals surface area contributed by atoms with Gasteiger partial charge in [0.15, 0.2) is 0 Å². The first-order valence-electron chi connectivity index (χ1n) is 8.93. The number of likely N-dealkylation sites (tertiary alicyclic amines) is 1. The number of nitrogens with zero attached hydrogens (tertiary/aromatic N) is 2. The number of amides is 2. The Bertz CT molecular complexity index is 585. The molecule has 2 atom stereocenters. The van der Waals surface area contributed by atoms with E-state index in [1.807, 2.05) is 6.92 Å². The fourth-order valence-corrected chi connectivity index (χ4v) is 3.61. The summed E-state index contributed by atoms with van der Waals surface area (Å²) in [6.45, 7) is 4.83. The number of piperidine rings is 1. The van der Waals surface area contributed by atoms with Crippen molar-refractivity contribution in [3.63, 3.8) is 0 Å². The number of nitrogens with one attached hydrogen (secondary N) is 3. The highest BCUT2D eigenvalue weighted by Gasteiger charge is 2.26. The molecule has 0 saturated carbocycles. The van der Waals surface area contributed by atoms with E-state index in [0.29, 0.717) is 19.0 Å². The topological polar surface area (TPSA) is 90.1 Å². The number of rotatable bonds is 4. The first-order chi connectivity index (χ1) is 11.6. The Morgan fingerprint density at radius 2 is 2.25 bits per heavy atom. The lowest BCUT2D eigenvalue weighted by atomic mass is 9.94. The number of hydrogen-bond donors (Lipinski definition) is 3. The van der Waals surface area contributed by atoms with Crippen molar-refractivity contribution in [3.8, 4) is 0 Å². The number of aromatic amines is 1. The molecule has 1 aromatic rings. The Morgan fingerprint density at radius 1 is 1.38 bits per heavy atom. The molecule has 0 bridgehead atoms. The number of carbonyl (C=O) groups excluding carboxylic acids is 2. The van der Waals surface area contributed by atoms with Gasteiger partial charge in [-0.3, -0.25) is 19.6 Å². The van der Waals surface area contributed by atoms with Crippen LogP contribution in [0.1, 0.15) is 49.4 Å². The Morgan fingerprint density at radius 3 is 3.04 bits per heavy atom. The van der Waals surface area contributed by atoms with Crippen molar-refractivity contribution in [2.75, 3.05) is 26.2 Å². The van der Waals surface area contributed by atoms with Crippen LogP contribution in [-0.4, -0.2) is 59.1 Å². The van der Waals surface area contributed by atoms with Gasteiger partial charge in [0.1, 0.15) is 6.04 Å². The summed E-state index contributed by atoms with van der Waals surface area (Å²) in [7, 11) is 0. The van der Waals surface area contributed by atoms with Crippen LogP contribution in [-0.2, 0) is 9.59 Å². The first-order valence-corrected chi connectivity index (χ1v) is 8.93. The third kappa shape index (κ3) is 4.35. The predicted molar refractivity (Wildman–Crippen MR) is 90.5 cm³/mol. The fourth-order valence-electron chi connectivity index (χ4n) is 3.61. The molecule has 0 aromatic carbocycles. The average Bonchev–Trinajstić information content (AvgIpc) is 2.90. The number of aryl methyl sites for hydroxylation is 1. The van der Waals surface area contributed by atoms with Crippen LogP contribution in [0.3, 0.4) is 0 Å². The fraction of sp³-hybridized carbons (Fsp3) is 0.706. The van der Waals surface area contributed by atoms with Gasteiger partial charge in [0.05, 0.1) is 12.2 Å². The summed E-state index contributed by atoms with van der Waals surface area (Å²) in [6, 6.07) is 1.71. The second-order valence-corrected chi connectivity index (χ2v) is 6.96. The van der Waals surface area contributed by atoms with Crippen LogP contribution < -0.4 is 10.6 Å². The minimum Gasteiger partial charge on any atom is -0.354 e. The largest absolute Gasteiger partial charge is 0.354 e. The van der Waals surface area contributed by atoms with Crippen LogP contribution in [0.25, 0.3) is 0 Å². The number of hydrogen-bond acceptors (Lipinski definition) is 4. The highest BCUT2D eigenvalue weighted by molar-refractivity contribution is 5.88. The maximum absolute atomic E-state index is 12.3. The van der Waals surface area contributed by atoms with Gasteiger partial charge >= 0.3 is 0 Å². The summed E-state index contributed by atoms with van der Waals surface area (Å²) in [6.07, 6.45) is 4.84. The van der Waals surface area contributed by atoms with Crippen LogP contribution in [0.4, 0.5) is 0 Å². The molecule has 0 spiro atoms. The van der Waals surface area contributed by atoms with E-state index in [1.165, 1.54) is 0 Å². The van der Waals surface area contributed by atoms with Gasteiger partial charge in [-0.1, -0.05) is 0 Å². The number of carbonyl (C=O) groups is 2. The summed E-state index contributed by atoms with van der Waals surface area (Å²) in [5.41, 5.74) is 2.15. The third-order valence-corrected chi connectivity index (χ3v) is 4.89. The van der Waals surface area contributed by atoms with Crippen LogP contribution in [0.5, 0.6) is 0 Å². The lowest BCUT2D eigenvalue weighted by Gasteiger charge is -2.31. The summed E-state index contributed by atoms with van der Waals surface area (Å²) in [4.78, 5) is 26.4. The standard InChI is InChI=1S/C17H27N5O2/c1-12-9-15(21-20-12)13-5-4-8-22(10-13)11-16(23)19-14-6-2-3-7-18-17(14)24/h9,13-14H,2-8,10-11H2,1H3,(H,18,24)(H,19,23)(H,20,21)/t13-,14+/m1/s1. The molecular formula is C17H27N5O2. The zero-order chi connectivity index (χ0) is 16.9. The van der Waals surface area contributed by atoms with E-state index >= 15 is 0 Å². The van der Waals surface area contributed by atoms with E-state index in [9.17, 15) is 9.59 Å². The van der Waals surface area contributed by atoms with Crippen molar-refractivity contribution in [3.05, 3.63) is 17.5 Å². The Hall–Kier alpha value is -1.89. The molecule has 1 aromatic heterocycles. The van der Waals surface area contributed by atoms with Gasteiger partial charge in [0.2, 0.25) is 11.8 Å². The zero-order valence-corrected chi connectivity index (χ0v) is 14.3. The molecule has 7 heteroatoms. The lowest BCUT2D eigenvalue weighted by Crippen LogP contribution is -2.49. The van der Waals surface area contributed by atoms with E-state index in [4.69, 9.17) is 0 Å². The van der Waals surface area contributed by atoms with Crippen molar-refractivity contribution >= 4 is 11.8 Å². The van der Waals surface area contributed by atoms with Crippen LogP contribution >= 0.6 is 0 Å². The molecule has 3 rings (SSSR count). The SMILES string of the molecule is Cc1cc([C@@H]2CCCN(CC(=O)N[C@H]3CCCCNC3=O)C2)n[nH]1. The molecule has 7 nitrogen and oxygen atoms in total. The molecule has 2 amide bonds. The zero-order valence-electron chi connectivity index (χ0n) is 14.3. The summed E-state index contributed by atoms with van der Waals surface area (Å²) in [5, 5.41) is 13.1. The summed E-state index contributed by atoms with van der Waals surface area (Å²) < 4.78 is 0. The van der Waals surface area contributed by atoms with Gasteiger partial charge in [-0.25, -0.2) is 0 Å². The van der Waals surface area contributed by atoms with E-state index in [2.05, 4.69) is 31.8 Å². The molecule has 3 N–H and O–H groups in total. The number of aromatic nitrogens is 2. The van der Waals surface area contributed by atoms with E-state index in [-0.39, 0.29) is 17.9 Å². The monoisotopic (exact) mass is 333 g/mol. The first kappa shape index (κ1) is 17.0. The molecule has 3 heterocycles. The van der Waals surface area contributed by atoms with E-state index < -0.39 is 0 Å². The third-order valence-electron chi connectivity index (χ3n) is 4.89. The van der Waals surface area contributed by atoms with Gasteiger partial charge < -0.3 is 10.6 Å². The maximum Gasteiger partial charge on any atom is 0.242 e. The van der Waals surface area contributed by atoms with Gasteiger partial charge in [-0.05, 0) is 51.6 Å². The van der Waals surface area contributed by atoms with Crippen molar-refractivity contribution in [2.45, 2.75) is 51.0 Å². The van der Waals surface area contributed by atoms with Gasteiger partial charge in [-0.15, -0.1) is 0 Å². The minimum atomic E-state index is -0.380. The molecule has 0 radical (unpaired) electrons. The molecule has 2 aliphatic heterocycles. The van der Waals surface area contributed by atoms with Gasteiger partial charge in [0.25, 0.3) is 0 Å². The van der Waals surface area contributed by atoms with Crippen molar-refractivity contribution < 1.29 is 9.59 Å². The predicted octanol–water partition coefficient (Wildman–Crippen LogP) is 0.682. The summed E-state index contributed by atoms with van der Waals surface area (Å²) in [5.74, 6) is 0.262. The Balaban J connectivity index is 1.51. The van der Waals surface area contributed by atoms with Crippen LogP contribution in [0.2, 0.25) is 0 Å². The van der Waals surface area contributed by atoms with E-state index in [0.717, 1.165) is 56.6 Å². The lowest BCUT2D eigenvalue weighted by molar-refractivity contribution is -0.129. The average molecular weight is 333 g/mol. The molecule has 0 aliphatic carbocycles. The molecule has 2 fully saturated rings. The minimum absolute atomic E-state index is 0.0515. The smallest absolute Gasteiger partial charge is 0.242 e. The summed E-state index contributed by atoms with van der Waals surface area (Å²) >= 11 is 0. The van der Waals surface area contributed by atoms with Crippen molar-refractivity contribution in [1.82, 2.24) is 25.7 Å². The van der Waals surface area contributed by atoms with Crippen LogP contribution in [0.15, 0.2) is 6.07 Å². The van der Waals surface area contributed by atoms with Crippen LogP contribution in [0, 0.1) is 6.92 Å². The van der Waals surface area contributed by atoms with E-state index in [1.54, 1.807) is 0 Å². The molecular weight excluding hydrogens is 306 g/mol. The quantitative estimate of drug-likeness (QED) is 0.756. The molecule has 2 aliphatic rings. The maximum atomic E-state index is 12.3. The van der Waals surface area contributed by atoms with Crippen molar-refractivity contribution in [1.29, 1.82) is 0 Å². The number of H-pyrrole nitrogens is 1. The Labute approximate surface area is 142 Å². The second-order valence-electron chi connectivity index (χ2n) is 6.96. The van der Waals surface area contributed by atoms with Gasteiger partial charge in [0, 0.05) is 24.7 Å². The highest BCUT2D eigenvalue weighted by Crippen LogP contribution is 2.25. The second kappa shape index (κ2) is 7.79. The van der Waals surface area contributed by atoms with Crippen molar-refractivity contribution in [2.24, 2.45) is 0 Å². The molecule has 132 valence electrons. The molecule has 2 saturated heterocycles. The molecule has 24 heavy (non-hydrogen) atoms. The molecule has 0 unspecified atom stereocenters. The van der Waals surface area contributed by atoms with Gasteiger partial charge in [-0.2, -0.15) is 5.10 Å².